The monoisotopic (exact) mass is 549 g/mol. The average molecular weight is 550 g/mol. The van der Waals surface area contributed by atoms with E-state index in [1.807, 2.05) is 41.8 Å². The summed E-state index contributed by atoms with van der Waals surface area (Å²) in [6.45, 7) is 8.46. The van der Waals surface area contributed by atoms with Gasteiger partial charge in [-0.3, -0.25) is 0 Å². The van der Waals surface area contributed by atoms with Gasteiger partial charge in [-0.25, -0.2) is 19.4 Å². The van der Waals surface area contributed by atoms with Gasteiger partial charge in [-0.1, -0.05) is 44.2 Å². The molecule has 3 aromatic heterocycles. The number of fused-ring (bicyclic) bond motifs is 1. The fourth-order valence-electron chi connectivity index (χ4n) is 4.04. The maximum atomic E-state index is 10.6. The van der Waals surface area contributed by atoms with E-state index in [1.165, 1.54) is 0 Å². The zero-order valence-electron chi connectivity index (χ0n) is 22.2. The van der Waals surface area contributed by atoms with Crippen molar-refractivity contribution in [2.45, 2.75) is 33.5 Å². The van der Waals surface area contributed by atoms with Crippen molar-refractivity contribution >= 4 is 22.8 Å². The van der Waals surface area contributed by atoms with Gasteiger partial charge in [-0.2, -0.15) is 13.2 Å². The molecule has 0 amide bonds. The van der Waals surface area contributed by atoms with Gasteiger partial charge in [0, 0.05) is 24.1 Å². The highest BCUT2D eigenvalue weighted by atomic mass is 19.4. The second-order valence-corrected chi connectivity index (χ2v) is 9.71. The number of nitrogens with zero attached hydrogens (tertiary/aromatic N) is 6. The first kappa shape index (κ1) is 29.4. The second-order valence-electron chi connectivity index (χ2n) is 9.71. The number of alkyl halides is 3. The number of carboxylic acids is 1. The summed E-state index contributed by atoms with van der Waals surface area (Å²) in [7, 11) is 4.12. The topological polar surface area (TPSA) is 145 Å². The summed E-state index contributed by atoms with van der Waals surface area (Å²) in [5.41, 5.74) is 9.65. The lowest BCUT2D eigenvalue weighted by molar-refractivity contribution is -0.192. The molecule has 3 N–H and O–H groups in total. The number of benzene rings is 1. The molecule has 0 aliphatic rings. The molecule has 0 atom stereocenters. The van der Waals surface area contributed by atoms with Crippen LogP contribution in [0, 0.1) is 5.41 Å². The molecule has 0 aliphatic heterocycles. The first-order valence-corrected chi connectivity index (χ1v) is 11.9. The molecule has 1 aromatic carbocycles. The number of ether oxygens (including phenoxy) is 1. The van der Waals surface area contributed by atoms with E-state index >= 15 is 0 Å². The third-order valence-corrected chi connectivity index (χ3v) is 5.43. The van der Waals surface area contributed by atoms with Crippen molar-refractivity contribution in [2.24, 2.45) is 5.41 Å². The van der Waals surface area contributed by atoms with Crippen LogP contribution < -0.4 is 10.5 Å². The van der Waals surface area contributed by atoms with Gasteiger partial charge in [0.1, 0.15) is 11.0 Å². The third kappa shape index (κ3) is 7.02. The van der Waals surface area contributed by atoms with E-state index in [-0.39, 0.29) is 11.2 Å². The molecule has 0 fully saturated rings. The van der Waals surface area contributed by atoms with Crippen molar-refractivity contribution in [1.29, 1.82) is 0 Å². The number of carbonyl (C=O) groups is 1. The summed E-state index contributed by atoms with van der Waals surface area (Å²) in [6.07, 6.45) is -3.31. The van der Waals surface area contributed by atoms with E-state index in [1.54, 1.807) is 6.20 Å². The van der Waals surface area contributed by atoms with Crippen LogP contribution in [-0.2, 0) is 11.3 Å². The Labute approximate surface area is 222 Å². The van der Waals surface area contributed by atoms with Crippen molar-refractivity contribution in [1.82, 2.24) is 29.7 Å². The molecule has 4 aromatic rings. The highest BCUT2D eigenvalue weighted by Gasteiger charge is 2.38. The second kappa shape index (κ2) is 11.7. The van der Waals surface area contributed by atoms with Gasteiger partial charge in [0.05, 0.1) is 18.5 Å². The number of pyridine rings is 1. The largest absolute Gasteiger partial charge is 0.490 e. The highest BCUT2D eigenvalue weighted by molar-refractivity contribution is 5.95. The van der Waals surface area contributed by atoms with Crippen molar-refractivity contribution < 1.29 is 32.4 Å². The number of imidazole rings is 1. The van der Waals surface area contributed by atoms with E-state index in [0.717, 1.165) is 28.8 Å². The molecule has 0 aliphatic carbocycles. The van der Waals surface area contributed by atoms with E-state index in [0.29, 0.717) is 30.4 Å². The van der Waals surface area contributed by atoms with Gasteiger partial charge in [0.15, 0.2) is 23.1 Å². The van der Waals surface area contributed by atoms with E-state index in [2.05, 4.69) is 43.2 Å². The summed E-state index contributed by atoms with van der Waals surface area (Å²) < 4.78 is 44.9. The lowest BCUT2D eigenvalue weighted by atomic mass is 9.94. The lowest BCUT2D eigenvalue weighted by Crippen LogP contribution is -2.33. The molecule has 11 nitrogen and oxygen atoms in total. The quantitative estimate of drug-likeness (QED) is 0.325. The van der Waals surface area contributed by atoms with Gasteiger partial charge < -0.3 is 25.0 Å². The molecule has 0 unspecified atom stereocenters. The summed E-state index contributed by atoms with van der Waals surface area (Å²) >= 11 is 0. The fourth-order valence-corrected chi connectivity index (χ4v) is 4.04. The Morgan fingerprint density at radius 2 is 1.79 bits per heavy atom. The number of aliphatic carboxylic acids is 1. The minimum atomic E-state index is -5.08. The zero-order chi connectivity index (χ0) is 29.0. The molecule has 3 heterocycles. The molecule has 4 rings (SSSR count). The number of carboxylic acid groups (broad SMARTS) is 1. The number of hydrogen-bond donors (Lipinski definition) is 2. The molecule has 0 spiro atoms. The lowest BCUT2D eigenvalue weighted by Gasteiger charge is -2.28. The predicted molar refractivity (Wildman–Crippen MR) is 138 cm³/mol. The summed E-state index contributed by atoms with van der Waals surface area (Å²) in [5.74, 6) is -1.32. The van der Waals surface area contributed by atoms with Crippen molar-refractivity contribution in [3.63, 3.8) is 0 Å². The minimum absolute atomic E-state index is 0.0473. The number of rotatable bonds is 8. The number of aromatic nitrogens is 5. The maximum absolute atomic E-state index is 10.6. The Bertz CT molecular complexity index is 1420. The molecule has 14 heteroatoms. The van der Waals surface area contributed by atoms with E-state index in [4.69, 9.17) is 35.0 Å². The molecular formula is C25H30F3N7O4. The average Bonchev–Trinajstić information content (AvgIpc) is 3.45. The molecule has 0 radical (unpaired) electrons. The van der Waals surface area contributed by atoms with Crippen LogP contribution in [0.2, 0.25) is 0 Å². The Morgan fingerprint density at radius 1 is 1.15 bits per heavy atom. The highest BCUT2D eigenvalue weighted by Crippen LogP contribution is 2.37. The van der Waals surface area contributed by atoms with Crippen LogP contribution in [0.3, 0.4) is 0 Å². The molecule has 0 bridgehead atoms. The standard InChI is InChI=1S/C23H29N7O2.C2HF3O2/c1-6-30-20-16(31-14-23(2,3)13-29(4)5)12-25-17(15-10-8-7-9-11-15)18(20)26-22(30)19-21(24)28-32-27-19;3-2(4,5)1(6)7/h7-12H,6,13-14H2,1-5H3,(H2,24,28);(H,6,7). The number of hydrogen-bond acceptors (Lipinski definition) is 9. The summed E-state index contributed by atoms with van der Waals surface area (Å²) in [4.78, 5) is 20.7. The maximum Gasteiger partial charge on any atom is 0.490 e. The smallest absolute Gasteiger partial charge is 0.489 e. The van der Waals surface area contributed by atoms with Gasteiger partial charge >= 0.3 is 12.1 Å². The number of anilines is 1. The van der Waals surface area contributed by atoms with Gasteiger partial charge in [0.2, 0.25) is 0 Å². The number of nitrogens with two attached hydrogens (primary N) is 1. The van der Waals surface area contributed by atoms with Crippen LogP contribution in [0.4, 0.5) is 19.0 Å². The number of nitrogen functional groups attached to an aromatic ring is 1. The van der Waals surface area contributed by atoms with Crippen LogP contribution in [-0.4, -0.2) is 74.2 Å². The minimum Gasteiger partial charge on any atom is -0.489 e. The predicted octanol–water partition coefficient (Wildman–Crippen LogP) is 4.35. The summed E-state index contributed by atoms with van der Waals surface area (Å²) in [5, 5.41) is 14.8. The SMILES string of the molecule is CCn1c(-c2nonc2N)nc2c(-c3ccccc3)ncc(OCC(C)(C)CN(C)C)c21.O=C(O)C(F)(F)F. The Morgan fingerprint density at radius 3 is 2.31 bits per heavy atom. The van der Waals surface area contributed by atoms with Crippen molar-refractivity contribution in [3.8, 4) is 28.5 Å². The van der Waals surface area contributed by atoms with E-state index < -0.39 is 12.1 Å². The number of aryl methyl sites for hydroxylation is 1. The molecule has 0 saturated heterocycles. The van der Waals surface area contributed by atoms with Gasteiger partial charge in [0.25, 0.3) is 0 Å². The van der Waals surface area contributed by atoms with Crippen molar-refractivity contribution in [3.05, 3.63) is 36.5 Å². The van der Waals surface area contributed by atoms with Crippen LogP contribution in [0.15, 0.2) is 41.2 Å². The zero-order valence-corrected chi connectivity index (χ0v) is 22.2. The first-order chi connectivity index (χ1) is 18.2. The molecule has 39 heavy (non-hydrogen) atoms. The van der Waals surface area contributed by atoms with Gasteiger partial charge in [-0.05, 0) is 31.3 Å². The van der Waals surface area contributed by atoms with Crippen molar-refractivity contribution in [2.75, 3.05) is 33.0 Å². The Hall–Kier alpha value is -4.20. The van der Waals surface area contributed by atoms with Crippen LogP contribution in [0.1, 0.15) is 20.8 Å². The molecular weight excluding hydrogens is 519 g/mol. The van der Waals surface area contributed by atoms with Crippen LogP contribution in [0.25, 0.3) is 33.8 Å². The molecule has 210 valence electrons. The van der Waals surface area contributed by atoms with E-state index in [9.17, 15) is 13.2 Å². The Kier molecular flexibility index (Phi) is 8.79. The van der Waals surface area contributed by atoms with Crippen LogP contribution in [0.5, 0.6) is 5.75 Å². The van der Waals surface area contributed by atoms with Crippen LogP contribution >= 0.6 is 0 Å². The normalized spacial score (nSPS) is 11.9. The Balaban J connectivity index is 0.000000532. The third-order valence-electron chi connectivity index (χ3n) is 5.43. The molecule has 0 saturated carbocycles. The summed E-state index contributed by atoms with van der Waals surface area (Å²) in [6, 6.07) is 9.96. The van der Waals surface area contributed by atoms with Gasteiger partial charge in [-0.15, -0.1) is 0 Å². The number of halogens is 3. The fraction of sp³-hybridized carbons (Fsp3) is 0.400. The first-order valence-electron chi connectivity index (χ1n) is 11.9.